The molecule has 0 aliphatic carbocycles. The lowest BCUT2D eigenvalue weighted by Gasteiger charge is -2.39. The number of fused-ring (bicyclic) bond motifs is 2. The smallest absolute Gasteiger partial charge is 0.254 e. The van der Waals surface area contributed by atoms with E-state index in [0.717, 1.165) is 28.6 Å². The molecule has 2 heterocycles. The number of carbonyl (C=O) groups is 1. The van der Waals surface area contributed by atoms with Crippen LogP contribution in [0.1, 0.15) is 42.3 Å². The van der Waals surface area contributed by atoms with E-state index >= 15 is 0 Å². The fourth-order valence-corrected chi connectivity index (χ4v) is 4.21. The lowest BCUT2D eigenvalue weighted by atomic mass is 9.81. The standard InChI is InChI=1S/C23H27N3O3/c1-23(2,3)21-12-16-10-19(27)20(29-4)11-14(16)7-8-26(21)22(28)15-5-6-17-18(9-15)25-13-24-17/h5-6,9-11,13,21,27H,7-8,12H2,1-4H3,(H,24,25). The quantitative estimate of drug-likeness (QED) is 0.691. The number of nitrogens with zero attached hydrogens (tertiary/aromatic N) is 2. The topological polar surface area (TPSA) is 78.5 Å². The van der Waals surface area contributed by atoms with Crippen LogP contribution in [0.15, 0.2) is 36.7 Å². The van der Waals surface area contributed by atoms with Gasteiger partial charge in [-0.2, -0.15) is 0 Å². The summed E-state index contributed by atoms with van der Waals surface area (Å²) in [5.74, 6) is 0.634. The maximum atomic E-state index is 13.5. The van der Waals surface area contributed by atoms with Crippen molar-refractivity contribution in [1.82, 2.24) is 14.9 Å². The third kappa shape index (κ3) is 3.55. The van der Waals surface area contributed by atoms with Gasteiger partial charge in [-0.3, -0.25) is 4.79 Å². The molecule has 29 heavy (non-hydrogen) atoms. The van der Waals surface area contributed by atoms with E-state index in [1.807, 2.05) is 29.2 Å². The number of nitrogens with one attached hydrogen (secondary N) is 1. The van der Waals surface area contributed by atoms with Crippen molar-refractivity contribution in [3.8, 4) is 11.5 Å². The molecule has 0 spiro atoms. The summed E-state index contributed by atoms with van der Waals surface area (Å²) in [6, 6.07) is 9.28. The number of rotatable bonds is 2. The molecule has 1 amide bonds. The van der Waals surface area contributed by atoms with Crippen LogP contribution in [0.3, 0.4) is 0 Å². The normalized spacial score (nSPS) is 17.1. The molecule has 0 radical (unpaired) electrons. The molecule has 1 aliphatic rings. The van der Waals surface area contributed by atoms with Crippen LogP contribution in [0.2, 0.25) is 0 Å². The Bertz CT molecular complexity index is 1060. The Morgan fingerprint density at radius 1 is 1.24 bits per heavy atom. The summed E-state index contributed by atoms with van der Waals surface area (Å²) in [6.45, 7) is 7.09. The number of ether oxygens (including phenoxy) is 1. The first-order valence-corrected chi connectivity index (χ1v) is 9.91. The summed E-state index contributed by atoms with van der Waals surface area (Å²) in [4.78, 5) is 22.8. The Morgan fingerprint density at radius 3 is 2.76 bits per heavy atom. The van der Waals surface area contributed by atoms with Crippen molar-refractivity contribution in [2.45, 2.75) is 39.7 Å². The Morgan fingerprint density at radius 2 is 2.03 bits per heavy atom. The van der Waals surface area contributed by atoms with Crippen molar-refractivity contribution in [3.05, 3.63) is 53.3 Å². The van der Waals surface area contributed by atoms with Gasteiger partial charge in [-0.1, -0.05) is 20.8 Å². The molecule has 0 fully saturated rings. The molecule has 1 unspecified atom stereocenters. The lowest BCUT2D eigenvalue weighted by Crippen LogP contribution is -2.48. The first-order chi connectivity index (χ1) is 13.8. The van der Waals surface area contributed by atoms with Crippen molar-refractivity contribution in [2.24, 2.45) is 5.41 Å². The van der Waals surface area contributed by atoms with Crippen LogP contribution in [-0.2, 0) is 12.8 Å². The van der Waals surface area contributed by atoms with E-state index in [1.54, 1.807) is 19.5 Å². The molecular formula is C23H27N3O3. The maximum absolute atomic E-state index is 13.5. The Kier molecular flexibility index (Phi) is 4.73. The highest BCUT2D eigenvalue weighted by atomic mass is 16.5. The van der Waals surface area contributed by atoms with Crippen molar-refractivity contribution in [1.29, 1.82) is 0 Å². The molecule has 2 aromatic carbocycles. The monoisotopic (exact) mass is 393 g/mol. The maximum Gasteiger partial charge on any atom is 0.254 e. The predicted molar refractivity (Wildman–Crippen MR) is 112 cm³/mol. The Balaban J connectivity index is 1.72. The third-order valence-corrected chi connectivity index (χ3v) is 5.84. The number of carbonyl (C=O) groups excluding carboxylic acids is 1. The summed E-state index contributed by atoms with van der Waals surface area (Å²) in [5.41, 5.74) is 4.43. The second kappa shape index (κ2) is 7.10. The van der Waals surface area contributed by atoms with E-state index in [4.69, 9.17) is 4.74 Å². The van der Waals surface area contributed by atoms with Crippen LogP contribution in [0.25, 0.3) is 11.0 Å². The SMILES string of the molecule is COc1cc2c(cc1O)CC(C(C)(C)C)N(C(=O)c1ccc3nc[nH]c3c1)CC2. The molecule has 152 valence electrons. The summed E-state index contributed by atoms with van der Waals surface area (Å²) in [6.07, 6.45) is 3.05. The second-order valence-electron chi connectivity index (χ2n) is 8.76. The number of hydrogen-bond acceptors (Lipinski definition) is 4. The number of phenolic OH excluding ortho intramolecular Hbond substituents is 1. The minimum absolute atomic E-state index is 0.00140. The summed E-state index contributed by atoms with van der Waals surface area (Å²) in [5, 5.41) is 10.3. The number of amides is 1. The molecule has 1 aliphatic heterocycles. The second-order valence-corrected chi connectivity index (χ2v) is 8.76. The van der Waals surface area contributed by atoms with Crippen LogP contribution in [-0.4, -0.2) is 45.6 Å². The highest BCUT2D eigenvalue weighted by Gasteiger charge is 2.36. The summed E-state index contributed by atoms with van der Waals surface area (Å²) < 4.78 is 5.28. The zero-order chi connectivity index (χ0) is 20.8. The van der Waals surface area contributed by atoms with Gasteiger partial charge >= 0.3 is 0 Å². The van der Waals surface area contributed by atoms with Gasteiger partial charge in [0.05, 0.1) is 24.5 Å². The van der Waals surface area contributed by atoms with Crippen LogP contribution in [0.5, 0.6) is 11.5 Å². The van der Waals surface area contributed by atoms with Crippen LogP contribution >= 0.6 is 0 Å². The molecule has 2 N–H and O–H groups in total. The summed E-state index contributed by atoms with van der Waals surface area (Å²) >= 11 is 0. The van der Waals surface area contributed by atoms with Crippen molar-refractivity contribution in [2.75, 3.05) is 13.7 Å². The zero-order valence-electron chi connectivity index (χ0n) is 17.3. The van der Waals surface area contributed by atoms with Gasteiger partial charge in [0.1, 0.15) is 0 Å². The summed E-state index contributed by atoms with van der Waals surface area (Å²) in [7, 11) is 1.55. The molecule has 6 nitrogen and oxygen atoms in total. The van der Waals surface area contributed by atoms with E-state index in [-0.39, 0.29) is 23.1 Å². The predicted octanol–water partition coefficient (Wildman–Crippen LogP) is 3.93. The number of aromatic amines is 1. The number of imidazole rings is 1. The van der Waals surface area contributed by atoms with Gasteiger partial charge in [0.15, 0.2) is 11.5 Å². The minimum Gasteiger partial charge on any atom is -0.504 e. The average Bonchev–Trinajstić information content (AvgIpc) is 3.06. The number of aromatic nitrogens is 2. The van der Waals surface area contributed by atoms with Gasteiger partial charge < -0.3 is 19.7 Å². The van der Waals surface area contributed by atoms with E-state index in [0.29, 0.717) is 24.3 Å². The average molecular weight is 393 g/mol. The highest BCUT2D eigenvalue weighted by Crippen LogP contribution is 2.36. The molecule has 3 aromatic rings. The molecular weight excluding hydrogens is 366 g/mol. The van der Waals surface area contributed by atoms with Gasteiger partial charge in [0.25, 0.3) is 5.91 Å². The zero-order valence-corrected chi connectivity index (χ0v) is 17.3. The number of aromatic hydroxyl groups is 1. The van der Waals surface area contributed by atoms with Crippen molar-refractivity contribution in [3.63, 3.8) is 0 Å². The molecule has 0 bridgehead atoms. The van der Waals surface area contributed by atoms with Crippen LogP contribution in [0, 0.1) is 5.41 Å². The van der Waals surface area contributed by atoms with Gasteiger partial charge in [-0.25, -0.2) is 4.98 Å². The van der Waals surface area contributed by atoms with Crippen molar-refractivity contribution < 1.29 is 14.6 Å². The van der Waals surface area contributed by atoms with Gasteiger partial charge in [0.2, 0.25) is 0 Å². The van der Waals surface area contributed by atoms with Gasteiger partial charge in [-0.05, 0) is 59.7 Å². The number of methoxy groups -OCH3 is 1. The van der Waals surface area contributed by atoms with E-state index in [9.17, 15) is 9.90 Å². The minimum atomic E-state index is -0.120. The Labute approximate surface area is 170 Å². The molecule has 0 saturated carbocycles. The largest absolute Gasteiger partial charge is 0.504 e. The first kappa shape index (κ1) is 19.3. The number of hydrogen-bond donors (Lipinski definition) is 2. The number of H-pyrrole nitrogens is 1. The van der Waals surface area contributed by atoms with Gasteiger partial charge in [0, 0.05) is 18.2 Å². The van der Waals surface area contributed by atoms with E-state index in [1.165, 1.54) is 0 Å². The number of phenols is 1. The van der Waals surface area contributed by atoms with E-state index in [2.05, 4.69) is 30.7 Å². The molecule has 1 atom stereocenters. The lowest BCUT2D eigenvalue weighted by molar-refractivity contribution is 0.0532. The fraction of sp³-hybridized carbons (Fsp3) is 0.391. The molecule has 0 saturated heterocycles. The van der Waals surface area contributed by atoms with Crippen LogP contribution in [0.4, 0.5) is 0 Å². The molecule has 1 aromatic heterocycles. The van der Waals surface area contributed by atoms with Crippen molar-refractivity contribution >= 4 is 16.9 Å². The highest BCUT2D eigenvalue weighted by molar-refractivity contribution is 5.97. The Hall–Kier alpha value is -3.02. The first-order valence-electron chi connectivity index (χ1n) is 9.91. The third-order valence-electron chi connectivity index (χ3n) is 5.84. The van der Waals surface area contributed by atoms with Gasteiger partial charge in [-0.15, -0.1) is 0 Å². The van der Waals surface area contributed by atoms with E-state index < -0.39 is 0 Å². The molecule has 4 rings (SSSR count). The van der Waals surface area contributed by atoms with Crippen LogP contribution < -0.4 is 4.74 Å². The number of benzene rings is 2. The fourth-order valence-electron chi connectivity index (χ4n) is 4.21. The molecule has 6 heteroatoms.